The van der Waals surface area contributed by atoms with Gasteiger partial charge in [0.2, 0.25) is 0 Å². The Morgan fingerprint density at radius 3 is 3.06 bits per heavy atom. The number of ether oxygens (including phenoxy) is 1. The molecule has 2 aliphatic rings. The number of nitrogens with zero attached hydrogens (tertiary/aromatic N) is 1. The van der Waals surface area contributed by atoms with Gasteiger partial charge in [-0.05, 0) is 26.2 Å². The number of fused-ring (bicyclic) bond motifs is 1. The lowest BCUT2D eigenvalue weighted by molar-refractivity contribution is -0.144. The Hall–Kier alpha value is -0.610. The fourth-order valence-corrected chi connectivity index (χ4v) is 3.33. The van der Waals surface area contributed by atoms with Crippen LogP contribution in [0.15, 0.2) is 0 Å². The van der Waals surface area contributed by atoms with Crippen LogP contribution in [0.25, 0.3) is 0 Å². The molecule has 0 aromatic carbocycles. The van der Waals surface area contributed by atoms with Gasteiger partial charge in [0, 0.05) is 25.6 Å². The molecule has 2 unspecified atom stereocenters. The molecule has 1 saturated heterocycles. The number of carbonyl (C=O) groups excluding carboxylic acids is 1. The van der Waals surface area contributed by atoms with Gasteiger partial charge in [0.1, 0.15) is 0 Å². The lowest BCUT2D eigenvalue weighted by Crippen LogP contribution is -2.53. The van der Waals surface area contributed by atoms with E-state index in [2.05, 4.69) is 4.90 Å². The molecule has 0 amide bonds. The molecule has 0 aromatic heterocycles. The summed E-state index contributed by atoms with van der Waals surface area (Å²) >= 11 is 0. The van der Waals surface area contributed by atoms with Crippen LogP contribution < -0.4 is 0 Å². The molecule has 1 aliphatic carbocycles. The van der Waals surface area contributed by atoms with Crippen molar-refractivity contribution in [2.24, 2.45) is 5.92 Å². The number of aliphatic hydroxyl groups is 1. The molecule has 18 heavy (non-hydrogen) atoms. The summed E-state index contributed by atoms with van der Waals surface area (Å²) in [4.78, 5) is 13.6. The SMILES string of the molecule is CCOC(=O)CCN1CCC2(O)CCCCC2C1. The van der Waals surface area contributed by atoms with Gasteiger partial charge in [0.05, 0.1) is 18.6 Å². The third kappa shape index (κ3) is 3.23. The van der Waals surface area contributed by atoms with Gasteiger partial charge in [-0.2, -0.15) is 0 Å². The minimum absolute atomic E-state index is 0.109. The number of carbonyl (C=O) groups is 1. The second kappa shape index (κ2) is 6.02. The standard InChI is InChI=1S/C14H25NO3/c1-2-18-13(16)6-9-15-10-8-14(17)7-4-3-5-12(14)11-15/h12,17H,2-11H2,1H3. The molecule has 0 spiro atoms. The number of likely N-dealkylation sites (tertiary alicyclic amines) is 1. The lowest BCUT2D eigenvalue weighted by atomic mass is 9.71. The van der Waals surface area contributed by atoms with E-state index in [9.17, 15) is 9.90 Å². The molecule has 1 N–H and O–H groups in total. The molecule has 0 aromatic rings. The zero-order valence-electron chi connectivity index (χ0n) is 11.4. The fourth-order valence-electron chi connectivity index (χ4n) is 3.33. The summed E-state index contributed by atoms with van der Waals surface area (Å²) in [5.74, 6) is 0.296. The summed E-state index contributed by atoms with van der Waals surface area (Å²) in [6.07, 6.45) is 5.82. The number of piperidine rings is 1. The van der Waals surface area contributed by atoms with Crippen molar-refractivity contribution < 1.29 is 14.6 Å². The Balaban J connectivity index is 1.78. The van der Waals surface area contributed by atoms with Crippen molar-refractivity contribution in [1.82, 2.24) is 4.90 Å². The number of esters is 1. The van der Waals surface area contributed by atoms with Gasteiger partial charge in [0.25, 0.3) is 0 Å². The molecule has 0 radical (unpaired) electrons. The van der Waals surface area contributed by atoms with Crippen LogP contribution in [0.3, 0.4) is 0 Å². The first-order valence-electron chi connectivity index (χ1n) is 7.24. The Labute approximate surface area is 109 Å². The maximum Gasteiger partial charge on any atom is 0.307 e. The quantitative estimate of drug-likeness (QED) is 0.775. The van der Waals surface area contributed by atoms with Gasteiger partial charge in [-0.3, -0.25) is 4.79 Å². The lowest BCUT2D eigenvalue weighted by Gasteiger charge is -2.47. The van der Waals surface area contributed by atoms with Crippen LogP contribution in [0.2, 0.25) is 0 Å². The number of rotatable bonds is 4. The molecule has 2 atom stereocenters. The van der Waals surface area contributed by atoms with Crippen LogP contribution in [-0.4, -0.2) is 47.8 Å². The average molecular weight is 255 g/mol. The molecule has 4 heteroatoms. The van der Waals surface area contributed by atoms with Crippen molar-refractivity contribution in [3.8, 4) is 0 Å². The topological polar surface area (TPSA) is 49.8 Å². The van der Waals surface area contributed by atoms with E-state index in [-0.39, 0.29) is 5.97 Å². The Morgan fingerprint density at radius 1 is 1.44 bits per heavy atom. The second-order valence-electron chi connectivity index (χ2n) is 5.65. The van der Waals surface area contributed by atoms with Gasteiger partial charge >= 0.3 is 5.97 Å². The predicted octanol–water partition coefficient (Wildman–Crippen LogP) is 1.57. The molecule has 2 rings (SSSR count). The molecule has 4 nitrogen and oxygen atoms in total. The van der Waals surface area contributed by atoms with Crippen molar-refractivity contribution in [3.63, 3.8) is 0 Å². The normalized spacial score (nSPS) is 32.9. The molecule has 104 valence electrons. The minimum Gasteiger partial charge on any atom is -0.466 e. The third-order valence-corrected chi connectivity index (χ3v) is 4.45. The fraction of sp³-hybridized carbons (Fsp3) is 0.929. The van der Waals surface area contributed by atoms with E-state index in [0.29, 0.717) is 18.9 Å². The van der Waals surface area contributed by atoms with Crippen molar-refractivity contribution in [1.29, 1.82) is 0 Å². The predicted molar refractivity (Wildman–Crippen MR) is 69.2 cm³/mol. The Morgan fingerprint density at radius 2 is 2.28 bits per heavy atom. The van der Waals surface area contributed by atoms with Crippen LogP contribution in [0.1, 0.15) is 45.4 Å². The van der Waals surface area contributed by atoms with Crippen LogP contribution in [-0.2, 0) is 9.53 Å². The minimum atomic E-state index is -0.418. The van der Waals surface area contributed by atoms with Crippen LogP contribution in [0, 0.1) is 5.92 Å². The smallest absolute Gasteiger partial charge is 0.307 e. The van der Waals surface area contributed by atoms with E-state index in [1.807, 2.05) is 6.92 Å². The van der Waals surface area contributed by atoms with Gasteiger partial charge in [0.15, 0.2) is 0 Å². The van der Waals surface area contributed by atoms with Gasteiger partial charge in [-0.25, -0.2) is 0 Å². The van der Waals surface area contributed by atoms with Crippen LogP contribution in [0.4, 0.5) is 0 Å². The Bertz CT molecular complexity index is 295. The second-order valence-corrected chi connectivity index (χ2v) is 5.65. The van der Waals surface area contributed by atoms with E-state index in [4.69, 9.17) is 4.74 Å². The highest BCUT2D eigenvalue weighted by atomic mass is 16.5. The van der Waals surface area contributed by atoms with Crippen LogP contribution in [0.5, 0.6) is 0 Å². The maximum absolute atomic E-state index is 11.3. The highest BCUT2D eigenvalue weighted by Crippen LogP contribution is 2.39. The van der Waals surface area contributed by atoms with E-state index in [0.717, 1.165) is 45.3 Å². The molecule has 2 fully saturated rings. The summed E-state index contributed by atoms with van der Waals surface area (Å²) < 4.78 is 4.94. The Kier molecular flexibility index (Phi) is 4.62. The van der Waals surface area contributed by atoms with Gasteiger partial charge in [-0.1, -0.05) is 12.8 Å². The highest BCUT2D eigenvalue weighted by Gasteiger charge is 2.42. The first kappa shape index (κ1) is 13.8. The molecule has 1 aliphatic heterocycles. The monoisotopic (exact) mass is 255 g/mol. The molecule has 1 saturated carbocycles. The van der Waals surface area contributed by atoms with Gasteiger partial charge in [-0.15, -0.1) is 0 Å². The highest BCUT2D eigenvalue weighted by molar-refractivity contribution is 5.69. The average Bonchev–Trinajstić information content (AvgIpc) is 2.36. The zero-order chi connectivity index (χ0) is 13.0. The summed E-state index contributed by atoms with van der Waals surface area (Å²) in [5.41, 5.74) is -0.418. The van der Waals surface area contributed by atoms with Crippen molar-refractivity contribution in [2.45, 2.75) is 51.0 Å². The first-order valence-corrected chi connectivity index (χ1v) is 7.24. The number of hydrogen-bond donors (Lipinski definition) is 1. The summed E-state index contributed by atoms with van der Waals surface area (Å²) in [6.45, 7) is 4.91. The van der Waals surface area contributed by atoms with E-state index in [1.165, 1.54) is 6.42 Å². The summed E-state index contributed by atoms with van der Waals surface area (Å²) in [5, 5.41) is 10.6. The maximum atomic E-state index is 11.3. The zero-order valence-corrected chi connectivity index (χ0v) is 11.4. The molecule has 1 heterocycles. The summed E-state index contributed by atoms with van der Waals surface area (Å²) in [6, 6.07) is 0. The molecular formula is C14H25NO3. The molecular weight excluding hydrogens is 230 g/mol. The van der Waals surface area contributed by atoms with Crippen LogP contribution >= 0.6 is 0 Å². The van der Waals surface area contributed by atoms with Crippen molar-refractivity contribution in [3.05, 3.63) is 0 Å². The largest absolute Gasteiger partial charge is 0.466 e. The van der Waals surface area contributed by atoms with E-state index >= 15 is 0 Å². The van der Waals surface area contributed by atoms with Gasteiger partial charge < -0.3 is 14.7 Å². The number of hydrogen-bond acceptors (Lipinski definition) is 4. The van der Waals surface area contributed by atoms with E-state index < -0.39 is 5.60 Å². The van der Waals surface area contributed by atoms with Crippen molar-refractivity contribution >= 4 is 5.97 Å². The van der Waals surface area contributed by atoms with E-state index in [1.54, 1.807) is 0 Å². The van der Waals surface area contributed by atoms with Crippen molar-refractivity contribution in [2.75, 3.05) is 26.2 Å². The molecule has 0 bridgehead atoms. The first-order chi connectivity index (χ1) is 8.64. The third-order valence-electron chi connectivity index (χ3n) is 4.45. The summed E-state index contributed by atoms with van der Waals surface area (Å²) in [7, 11) is 0.